The third kappa shape index (κ3) is 1.90. The minimum atomic E-state index is 0.0301. The molecule has 0 saturated carbocycles. The van der Waals surface area contributed by atoms with Gasteiger partial charge in [0.1, 0.15) is 0 Å². The molecule has 0 aromatic carbocycles. The second-order valence-corrected chi connectivity index (χ2v) is 3.62. The maximum Gasteiger partial charge on any atom is 0.0726 e. The van der Waals surface area contributed by atoms with E-state index < -0.39 is 0 Å². The molecule has 1 aromatic rings. The first kappa shape index (κ1) is 7.98. The summed E-state index contributed by atoms with van der Waals surface area (Å²) in [6.45, 7) is 6.24. The van der Waals surface area contributed by atoms with E-state index in [1.165, 1.54) is 0 Å². The van der Waals surface area contributed by atoms with E-state index in [1.54, 1.807) is 6.20 Å². The van der Waals surface area contributed by atoms with Crippen LogP contribution in [0.1, 0.15) is 26.5 Å². The lowest BCUT2D eigenvalue weighted by Crippen LogP contribution is -2.14. The first-order valence-corrected chi connectivity index (χ1v) is 3.59. The van der Waals surface area contributed by atoms with E-state index in [9.17, 15) is 0 Å². The van der Waals surface area contributed by atoms with E-state index >= 15 is 0 Å². The lowest BCUT2D eigenvalue weighted by atomic mass is 9.92. The van der Waals surface area contributed by atoms with Gasteiger partial charge in [0.2, 0.25) is 0 Å². The molecular weight excluding hydrogens is 138 g/mol. The Kier molecular flexibility index (Phi) is 1.81. The molecule has 0 saturated heterocycles. The fourth-order valence-electron chi connectivity index (χ4n) is 0.748. The van der Waals surface area contributed by atoms with Crippen LogP contribution in [0, 0.1) is 0 Å². The van der Waals surface area contributed by atoms with Crippen LogP contribution in [0.3, 0.4) is 0 Å². The molecule has 0 atom stereocenters. The van der Waals surface area contributed by atoms with Crippen molar-refractivity contribution >= 4 is 5.69 Å². The summed E-state index contributed by atoms with van der Waals surface area (Å²) in [6, 6.07) is 1.85. The van der Waals surface area contributed by atoms with Crippen molar-refractivity contribution in [2.75, 3.05) is 5.73 Å². The minimum absolute atomic E-state index is 0.0301. The summed E-state index contributed by atoms with van der Waals surface area (Å²) in [5.74, 6) is 0. The molecule has 2 N–H and O–H groups in total. The largest absolute Gasteiger partial charge is 0.397 e. The highest BCUT2D eigenvalue weighted by atomic mass is 15.1. The molecule has 0 amide bonds. The SMILES string of the molecule is CC(C)(C)c1cc(N)cnn1. The van der Waals surface area contributed by atoms with Crippen molar-refractivity contribution in [1.29, 1.82) is 0 Å². The predicted molar refractivity (Wildman–Crippen MR) is 45.1 cm³/mol. The zero-order valence-corrected chi connectivity index (χ0v) is 7.13. The number of nitrogens with zero attached hydrogens (tertiary/aromatic N) is 2. The molecule has 1 rings (SSSR count). The van der Waals surface area contributed by atoms with Crippen LogP contribution in [0.4, 0.5) is 5.69 Å². The zero-order valence-electron chi connectivity index (χ0n) is 7.13. The topological polar surface area (TPSA) is 51.8 Å². The van der Waals surface area contributed by atoms with Gasteiger partial charge >= 0.3 is 0 Å². The molecule has 0 unspecified atom stereocenters. The average Bonchev–Trinajstić information content (AvgIpc) is 1.86. The first-order chi connectivity index (χ1) is 5.00. The number of anilines is 1. The fraction of sp³-hybridized carbons (Fsp3) is 0.500. The van der Waals surface area contributed by atoms with Crippen LogP contribution in [0.15, 0.2) is 12.3 Å². The Balaban J connectivity index is 3.06. The van der Waals surface area contributed by atoms with Gasteiger partial charge in [-0.3, -0.25) is 0 Å². The van der Waals surface area contributed by atoms with E-state index in [4.69, 9.17) is 5.73 Å². The second-order valence-electron chi connectivity index (χ2n) is 3.62. The van der Waals surface area contributed by atoms with Crippen molar-refractivity contribution in [3.63, 3.8) is 0 Å². The molecular formula is C8H13N3. The molecule has 60 valence electrons. The molecule has 1 aromatic heterocycles. The third-order valence-corrected chi connectivity index (χ3v) is 1.44. The summed E-state index contributed by atoms with van der Waals surface area (Å²) in [6.07, 6.45) is 1.55. The normalized spacial score (nSPS) is 11.5. The lowest BCUT2D eigenvalue weighted by molar-refractivity contribution is 0.559. The van der Waals surface area contributed by atoms with E-state index in [0.717, 1.165) is 5.69 Å². The molecule has 0 aliphatic heterocycles. The first-order valence-electron chi connectivity index (χ1n) is 3.59. The summed E-state index contributed by atoms with van der Waals surface area (Å²) in [5, 5.41) is 7.76. The predicted octanol–water partition coefficient (Wildman–Crippen LogP) is 1.36. The molecule has 0 bridgehead atoms. The van der Waals surface area contributed by atoms with Gasteiger partial charge in [-0.1, -0.05) is 20.8 Å². The number of rotatable bonds is 0. The molecule has 0 spiro atoms. The second kappa shape index (κ2) is 2.49. The number of hydrogen-bond donors (Lipinski definition) is 1. The monoisotopic (exact) mass is 151 g/mol. The number of nitrogens with two attached hydrogens (primary N) is 1. The Morgan fingerprint density at radius 1 is 1.36 bits per heavy atom. The van der Waals surface area contributed by atoms with Crippen LogP contribution in [-0.2, 0) is 5.41 Å². The van der Waals surface area contributed by atoms with Gasteiger partial charge in [0.25, 0.3) is 0 Å². The third-order valence-electron chi connectivity index (χ3n) is 1.44. The molecule has 1 heterocycles. The number of hydrogen-bond acceptors (Lipinski definition) is 3. The molecule has 0 fully saturated rings. The van der Waals surface area contributed by atoms with Crippen LogP contribution in [-0.4, -0.2) is 10.2 Å². The van der Waals surface area contributed by atoms with E-state index in [0.29, 0.717) is 5.69 Å². The minimum Gasteiger partial charge on any atom is -0.397 e. The Morgan fingerprint density at radius 3 is 2.36 bits per heavy atom. The van der Waals surface area contributed by atoms with Gasteiger partial charge in [0.05, 0.1) is 17.6 Å². The molecule has 11 heavy (non-hydrogen) atoms. The van der Waals surface area contributed by atoms with Gasteiger partial charge in [-0.05, 0) is 6.07 Å². The number of nitrogen functional groups attached to an aromatic ring is 1. The quantitative estimate of drug-likeness (QED) is 0.609. The van der Waals surface area contributed by atoms with E-state index in [1.807, 2.05) is 6.07 Å². The summed E-state index contributed by atoms with van der Waals surface area (Å²) < 4.78 is 0. The summed E-state index contributed by atoms with van der Waals surface area (Å²) >= 11 is 0. The molecule has 3 heteroatoms. The van der Waals surface area contributed by atoms with Crippen LogP contribution >= 0.6 is 0 Å². The molecule has 3 nitrogen and oxygen atoms in total. The Bertz CT molecular complexity index is 250. The van der Waals surface area contributed by atoms with Crippen molar-refractivity contribution in [2.45, 2.75) is 26.2 Å². The van der Waals surface area contributed by atoms with Gasteiger partial charge < -0.3 is 5.73 Å². The van der Waals surface area contributed by atoms with Crippen molar-refractivity contribution < 1.29 is 0 Å². The van der Waals surface area contributed by atoms with Gasteiger partial charge in [-0.2, -0.15) is 10.2 Å². The van der Waals surface area contributed by atoms with Crippen LogP contribution in [0.25, 0.3) is 0 Å². The smallest absolute Gasteiger partial charge is 0.0726 e. The van der Waals surface area contributed by atoms with Gasteiger partial charge in [0, 0.05) is 5.41 Å². The zero-order chi connectivity index (χ0) is 8.48. The van der Waals surface area contributed by atoms with Crippen LogP contribution < -0.4 is 5.73 Å². The molecule has 0 aliphatic rings. The standard InChI is InChI=1S/C8H13N3/c1-8(2,3)7-4-6(9)5-10-11-7/h4-5H,1-3H3,(H2,9,11). The molecule has 0 radical (unpaired) electrons. The maximum atomic E-state index is 5.55. The fourth-order valence-corrected chi connectivity index (χ4v) is 0.748. The Labute approximate surface area is 66.6 Å². The van der Waals surface area contributed by atoms with Gasteiger partial charge in [-0.15, -0.1) is 0 Å². The van der Waals surface area contributed by atoms with E-state index in [2.05, 4.69) is 31.0 Å². The van der Waals surface area contributed by atoms with Crippen LogP contribution in [0.2, 0.25) is 0 Å². The highest BCUT2D eigenvalue weighted by Crippen LogP contribution is 2.19. The highest BCUT2D eigenvalue weighted by Gasteiger charge is 2.15. The molecule has 0 aliphatic carbocycles. The highest BCUT2D eigenvalue weighted by molar-refractivity contribution is 5.36. The van der Waals surface area contributed by atoms with Crippen molar-refractivity contribution in [2.24, 2.45) is 0 Å². The summed E-state index contributed by atoms with van der Waals surface area (Å²) in [7, 11) is 0. The Morgan fingerprint density at radius 2 is 2.00 bits per heavy atom. The van der Waals surface area contributed by atoms with Crippen LogP contribution in [0.5, 0.6) is 0 Å². The summed E-state index contributed by atoms with van der Waals surface area (Å²) in [5.41, 5.74) is 7.18. The maximum absolute atomic E-state index is 5.55. The summed E-state index contributed by atoms with van der Waals surface area (Å²) in [4.78, 5) is 0. The Hall–Kier alpha value is -1.12. The van der Waals surface area contributed by atoms with Gasteiger partial charge in [0.15, 0.2) is 0 Å². The van der Waals surface area contributed by atoms with E-state index in [-0.39, 0.29) is 5.41 Å². The van der Waals surface area contributed by atoms with Crippen molar-refractivity contribution in [1.82, 2.24) is 10.2 Å². The number of aromatic nitrogens is 2. The lowest BCUT2D eigenvalue weighted by Gasteiger charge is -2.16. The van der Waals surface area contributed by atoms with Gasteiger partial charge in [-0.25, -0.2) is 0 Å². The average molecular weight is 151 g/mol. The van der Waals surface area contributed by atoms with Crippen molar-refractivity contribution in [3.8, 4) is 0 Å². The van der Waals surface area contributed by atoms with Crippen molar-refractivity contribution in [3.05, 3.63) is 18.0 Å².